The third-order valence-corrected chi connectivity index (χ3v) is 5.98. The Labute approximate surface area is 165 Å². The zero-order chi connectivity index (χ0) is 20.1. The smallest absolute Gasteiger partial charge is 0.275 e. The van der Waals surface area contributed by atoms with E-state index in [2.05, 4.69) is 31.1 Å². The number of aryl methyl sites for hydroxylation is 1. The summed E-state index contributed by atoms with van der Waals surface area (Å²) in [4.78, 5) is 35.6. The molecule has 0 saturated carbocycles. The van der Waals surface area contributed by atoms with Crippen molar-refractivity contribution >= 4 is 27.5 Å². The molecule has 2 aromatic heterocycles. The van der Waals surface area contributed by atoms with E-state index in [9.17, 15) is 9.59 Å². The van der Waals surface area contributed by atoms with Crippen LogP contribution in [0.2, 0.25) is 0 Å². The van der Waals surface area contributed by atoms with E-state index in [1.807, 2.05) is 20.8 Å². The van der Waals surface area contributed by atoms with E-state index in [1.54, 1.807) is 11.3 Å². The molecule has 1 unspecified atom stereocenters. The molecule has 0 aliphatic carbocycles. The van der Waals surface area contributed by atoms with Crippen molar-refractivity contribution < 1.29 is 9.69 Å². The molecule has 7 heteroatoms. The lowest BCUT2D eigenvalue weighted by molar-refractivity contribution is -0.904. The average Bonchev–Trinajstić information content (AvgIpc) is 2.89. The van der Waals surface area contributed by atoms with Gasteiger partial charge in [0.2, 0.25) is 0 Å². The number of H-pyrrole nitrogens is 1. The van der Waals surface area contributed by atoms with Crippen molar-refractivity contribution in [2.45, 2.75) is 67.0 Å². The van der Waals surface area contributed by atoms with Crippen LogP contribution >= 0.6 is 11.3 Å². The van der Waals surface area contributed by atoms with E-state index in [0.717, 1.165) is 40.1 Å². The Bertz CT molecular complexity index is 840. The summed E-state index contributed by atoms with van der Waals surface area (Å²) < 4.78 is 0. The second-order valence-electron chi connectivity index (χ2n) is 7.73. The number of quaternary nitrogens is 1. The lowest BCUT2D eigenvalue weighted by atomic mass is 9.98. The third-order valence-electron chi connectivity index (χ3n) is 4.94. The minimum absolute atomic E-state index is 0.0214. The van der Waals surface area contributed by atoms with Gasteiger partial charge < -0.3 is 15.2 Å². The van der Waals surface area contributed by atoms with Crippen molar-refractivity contribution in [3.05, 3.63) is 26.6 Å². The van der Waals surface area contributed by atoms with Gasteiger partial charge in [0.25, 0.3) is 11.5 Å². The zero-order valence-electron chi connectivity index (χ0n) is 17.4. The van der Waals surface area contributed by atoms with Gasteiger partial charge in [-0.25, -0.2) is 4.98 Å². The van der Waals surface area contributed by atoms with Gasteiger partial charge in [-0.05, 0) is 45.6 Å². The van der Waals surface area contributed by atoms with Crippen LogP contribution in [0.5, 0.6) is 0 Å². The molecule has 150 valence electrons. The number of hydrogen-bond acceptors (Lipinski definition) is 4. The van der Waals surface area contributed by atoms with E-state index < -0.39 is 0 Å². The fourth-order valence-corrected chi connectivity index (χ4v) is 4.26. The number of carbonyl (C=O) groups is 1. The maximum absolute atomic E-state index is 12.8. The van der Waals surface area contributed by atoms with Crippen LogP contribution in [-0.4, -0.2) is 35.0 Å². The molecule has 0 aliphatic heterocycles. The Hall–Kier alpha value is -1.73. The molecule has 0 aromatic carbocycles. The minimum Gasteiger partial charge on any atom is -0.349 e. The Morgan fingerprint density at radius 3 is 2.59 bits per heavy atom. The van der Waals surface area contributed by atoms with Gasteiger partial charge in [-0.1, -0.05) is 20.3 Å². The van der Waals surface area contributed by atoms with E-state index in [-0.39, 0.29) is 17.5 Å². The minimum atomic E-state index is -0.0558. The van der Waals surface area contributed by atoms with Crippen LogP contribution in [0, 0.1) is 12.8 Å². The first kappa shape index (κ1) is 21.6. The van der Waals surface area contributed by atoms with Crippen LogP contribution in [0.3, 0.4) is 0 Å². The Morgan fingerprint density at radius 2 is 2.00 bits per heavy atom. The van der Waals surface area contributed by atoms with Gasteiger partial charge in [-0.2, -0.15) is 0 Å². The summed E-state index contributed by atoms with van der Waals surface area (Å²) in [5, 5.41) is 3.67. The van der Waals surface area contributed by atoms with Crippen LogP contribution in [0.25, 0.3) is 10.2 Å². The molecule has 6 nitrogen and oxygen atoms in total. The number of aromatic amines is 1. The summed E-state index contributed by atoms with van der Waals surface area (Å²) in [6.45, 7) is 14.1. The van der Waals surface area contributed by atoms with Crippen LogP contribution in [0.1, 0.15) is 57.3 Å². The number of nitrogens with one attached hydrogen (secondary N) is 3. The molecular formula is C20H33N4O2S+. The zero-order valence-corrected chi connectivity index (χ0v) is 18.2. The van der Waals surface area contributed by atoms with Gasteiger partial charge in [0.05, 0.1) is 11.9 Å². The van der Waals surface area contributed by atoms with E-state index in [1.165, 1.54) is 4.88 Å². The molecule has 0 radical (unpaired) electrons. The average molecular weight is 394 g/mol. The highest BCUT2D eigenvalue weighted by Gasteiger charge is 2.19. The molecule has 2 rings (SSSR count). The molecule has 0 saturated heterocycles. The molecule has 0 bridgehead atoms. The Balaban J connectivity index is 2.25. The van der Waals surface area contributed by atoms with Gasteiger partial charge in [0.15, 0.2) is 12.4 Å². The number of nitrogens with zero attached hydrogens (tertiary/aromatic N) is 1. The molecule has 2 aromatic rings. The van der Waals surface area contributed by atoms with Crippen molar-refractivity contribution in [3.8, 4) is 0 Å². The summed E-state index contributed by atoms with van der Waals surface area (Å²) >= 11 is 1.60. The predicted molar refractivity (Wildman–Crippen MR) is 111 cm³/mol. The number of aromatic nitrogens is 2. The highest BCUT2D eigenvalue weighted by atomic mass is 32.1. The van der Waals surface area contributed by atoms with Crippen molar-refractivity contribution in [3.63, 3.8) is 0 Å². The van der Waals surface area contributed by atoms with Gasteiger partial charge in [-0.15, -0.1) is 11.3 Å². The first-order valence-corrected chi connectivity index (χ1v) is 10.7. The van der Waals surface area contributed by atoms with E-state index in [4.69, 9.17) is 4.98 Å². The predicted octanol–water partition coefficient (Wildman–Crippen LogP) is 1.81. The summed E-state index contributed by atoms with van der Waals surface area (Å²) in [6.07, 6.45) is 2.00. The topological polar surface area (TPSA) is 79.3 Å². The Kier molecular flexibility index (Phi) is 7.56. The molecule has 0 spiro atoms. The van der Waals surface area contributed by atoms with E-state index in [0.29, 0.717) is 24.8 Å². The van der Waals surface area contributed by atoms with Gasteiger partial charge in [-0.3, -0.25) is 9.59 Å². The lowest BCUT2D eigenvalue weighted by Crippen LogP contribution is -3.11. The molecule has 0 aliphatic rings. The van der Waals surface area contributed by atoms with Crippen molar-refractivity contribution in [1.82, 2.24) is 15.3 Å². The van der Waals surface area contributed by atoms with Crippen LogP contribution < -0.4 is 15.8 Å². The summed E-state index contributed by atoms with van der Waals surface area (Å²) in [7, 11) is 0. The van der Waals surface area contributed by atoms with Gasteiger partial charge in [0, 0.05) is 10.9 Å². The van der Waals surface area contributed by atoms with Crippen LogP contribution in [0.15, 0.2) is 4.79 Å². The number of fused-ring (bicyclic) bond motifs is 1. The number of carbonyl (C=O) groups excluding carboxylic acids is 1. The van der Waals surface area contributed by atoms with Gasteiger partial charge in [0.1, 0.15) is 11.4 Å². The van der Waals surface area contributed by atoms with Crippen molar-refractivity contribution in [2.75, 3.05) is 13.1 Å². The largest absolute Gasteiger partial charge is 0.349 e. The summed E-state index contributed by atoms with van der Waals surface area (Å²) in [6, 6.07) is 0.128. The SMILES string of the molecule is CC[C@H](C)Cc1c(C)sc2nc(C[NH+](CC)CC(=O)NC(C)C)[nH]c(=O)c12. The molecule has 1 amide bonds. The van der Waals surface area contributed by atoms with Crippen LogP contribution in [0.4, 0.5) is 0 Å². The molecule has 2 heterocycles. The molecule has 0 fully saturated rings. The highest BCUT2D eigenvalue weighted by molar-refractivity contribution is 7.18. The number of rotatable bonds is 9. The quantitative estimate of drug-likeness (QED) is 0.608. The lowest BCUT2D eigenvalue weighted by Gasteiger charge is -2.17. The standard InChI is InChI=1S/C20H32N4O2S/c1-7-13(5)9-15-14(6)27-20-18(15)19(26)22-16(23-20)10-24(8-2)11-17(25)21-12(3)4/h12-13H,7-11H2,1-6H3,(H,21,25)(H,22,23,26)/p+1/t13-/m0/s1. The number of amides is 1. The Morgan fingerprint density at radius 1 is 1.30 bits per heavy atom. The molecule has 3 N–H and O–H groups in total. The first-order valence-electron chi connectivity index (χ1n) is 9.89. The van der Waals surface area contributed by atoms with Crippen molar-refractivity contribution in [2.24, 2.45) is 5.92 Å². The molecule has 2 atom stereocenters. The number of thiophene rings is 1. The summed E-state index contributed by atoms with van der Waals surface area (Å²) in [5.41, 5.74) is 1.08. The summed E-state index contributed by atoms with van der Waals surface area (Å²) in [5.74, 6) is 1.21. The first-order chi connectivity index (χ1) is 12.7. The normalized spacial score (nSPS) is 13.9. The van der Waals surface area contributed by atoms with Crippen molar-refractivity contribution in [1.29, 1.82) is 0 Å². The number of likely N-dealkylation sites (N-methyl/N-ethyl adjacent to an activating group) is 1. The molecular weight excluding hydrogens is 360 g/mol. The second kappa shape index (κ2) is 9.46. The monoisotopic (exact) mass is 393 g/mol. The fourth-order valence-electron chi connectivity index (χ4n) is 3.19. The van der Waals surface area contributed by atoms with Gasteiger partial charge >= 0.3 is 0 Å². The third kappa shape index (κ3) is 5.62. The van der Waals surface area contributed by atoms with Crippen LogP contribution in [-0.2, 0) is 17.8 Å². The number of hydrogen-bond donors (Lipinski definition) is 3. The fraction of sp³-hybridized carbons (Fsp3) is 0.650. The maximum Gasteiger partial charge on any atom is 0.275 e. The molecule has 27 heavy (non-hydrogen) atoms. The van der Waals surface area contributed by atoms with E-state index >= 15 is 0 Å². The highest BCUT2D eigenvalue weighted by Crippen LogP contribution is 2.29. The second-order valence-corrected chi connectivity index (χ2v) is 8.93. The maximum atomic E-state index is 12.8.